The average molecular weight is 223 g/mol. The number of hydrogen-bond donors (Lipinski definition) is 2. The van der Waals surface area contributed by atoms with Crippen LogP contribution in [0.25, 0.3) is 0 Å². The Morgan fingerprint density at radius 1 is 1.60 bits per heavy atom. The van der Waals surface area contributed by atoms with E-state index in [1.54, 1.807) is 24.2 Å². The maximum Gasteiger partial charge on any atom is 0.238 e. The van der Waals surface area contributed by atoms with E-state index in [0.717, 1.165) is 17.2 Å². The van der Waals surface area contributed by atoms with Gasteiger partial charge in [0.1, 0.15) is 0 Å². The van der Waals surface area contributed by atoms with Gasteiger partial charge in [-0.3, -0.25) is 15.1 Å². The van der Waals surface area contributed by atoms with Crippen LogP contribution in [-0.2, 0) is 11.3 Å². The molecule has 4 nitrogen and oxygen atoms in total. The molecule has 1 aromatic rings. The van der Waals surface area contributed by atoms with Crippen LogP contribution in [0.4, 0.5) is 0 Å². The summed E-state index contributed by atoms with van der Waals surface area (Å²) in [5.74, 6) is 1.81. The molecule has 0 bridgehead atoms. The summed E-state index contributed by atoms with van der Waals surface area (Å²) in [5, 5.41) is 6.03. The van der Waals surface area contributed by atoms with Crippen LogP contribution in [0.2, 0.25) is 0 Å². The zero-order valence-corrected chi connectivity index (χ0v) is 9.09. The van der Waals surface area contributed by atoms with Crippen molar-refractivity contribution in [3.05, 3.63) is 30.1 Å². The number of rotatable bonds is 3. The first kappa shape index (κ1) is 10.4. The van der Waals surface area contributed by atoms with Gasteiger partial charge in [-0.15, -0.1) is 11.8 Å². The van der Waals surface area contributed by atoms with E-state index in [-0.39, 0.29) is 11.9 Å². The van der Waals surface area contributed by atoms with Gasteiger partial charge in [0.05, 0.1) is 6.04 Å². The van der Waals surface area contributed by atoms with Gasteiger partial charge in [0.25, 0.3) is 0 Å². The minimum absolute atomic E-state index is 0.0307. The lowest BCUT2D eigenvalue weighted by Crippen LogP contribution is -2.41. The second kappa shape index (κ2) is 5.14. The summed E-state index contributed by atoms with van der Waals surface area (Å²) in [4.78, 5) is 15.5. The molecule has 15 heavy (non-hydrogen) atoms. The monoisotopic (exact) mass is 223 g/mol. The summed E-state index contributed by atoms with van der Waals surface area (Å²) in [7, 11) is 0. The first-order valence-electron chi connectivity index (χ1n) is 4.84. The molecule has 1 aliphatic heterocycles. The van der Waals surface area contributed by atoms with Gasteiger partial charge in [-0.1, -0.05) is 0 Å². The van der Waals surface area contributed by atoms with E-state index in [9.17, 15) is 4.79 Å². The van der Waals surface area contributed by atoms with Gasteiger partial charge in [-0.25, -0.2) is 0 Å². The number of amides is 1. The normalized spacial score (nSPS) is 20.1. The average Bonchev–Trinajstić information content (AvgIpc) is 2.81. The predicted molar refractivity (Wildman–Crippen MR) is 60.3 cm³/mol. The van der Waals surface area contributed by atoms with Crippen molar-refractivity contribution in [2.75, 3.05) is 11.6 Å². The predicted octanol–water partition coefficient (Wildman–Crippen LogP) is 0.360. The van der Waals surface area contributed by atoms with Crippen LogP contribution in [0.3, 0.4) is 0 Å². The van der Waals surface area contributed by atoms with E-state index in [1.807, 2.05) is 12.1 Å². The summed E-state index contributed by atoms with van der Waals surface area (Å²) in [6.07, 6.45) is 3.45. The molecule has 0 spiro atoms. The van der Waals surface area contributed by atoms with E-state index in [1.165, 1.54) is 0 Å². The van der Waals surface area contributed by atoms with Crippen molar-refractivity contribution in [1.29, 1.82) is 0 Å². The molecule has 0 saturated carbocycles. The molecule has 1 unspecified atom stereocenters. The third-order valence-corrected chi connectivity index (χ3v) is 3.19. The molecular formula is C10H13N3OS. The van der Waals surface area contributed by atoms with Crippen molar-refractivity contribution < 1.29 is 4.79 Å². The Morgan fingerprint density at radius 2 is 2.40 bits per heavy atom. The first-order chi connectivity index (χ1) is 7.36. The number of nitrogens with one attached hydrogen (secondary N) is 2. The van der Waals surface area contributed by atoms with Crippen LogP contribution in [0.15, 0.2) is 24.5 Å². The molecule has 2 heterocycles. The Hall–Kier alpha value is -1.07. The largest absolute Gasteiger partial charge is 0.351 e. The SMILES string of the molecule is O=C(NCc1ccncc1)C1CSCN1. The molecule has 1 saturated heterocycles. The number of aromatic nitrogens is 1. The fourth-order valence-electron chi connectivity index (χ4n) is 1.38. The molecule has 1 aliphatic rings. The summed E-state index contributed by atoms with van der Waals surface area (Å²) < 4.78 is 0. The van der Waals surface area contributed by atoms with Crippen molar-refractivity contribution in [2.45, 2.75) is 12.6 Å². The van der Waals surface area contributed by atoms with Gasteiger partial charge in [0, 0.05) is 30.6 Å². The van der Waals surface area contributed by atoms with Gasteiger partial charge < -0.3 is 5.32 Å². The Kier molecular flexibility index (Phi) is 3.58. The van der Waals surface area contributed by atoms with E-state index < -0.39 is 0 Å². The quantitative estimate of drug-likeness (QED) is 0.777. The Morgan fingerprint density at radius 3 is 3.07 bits per heavy atom. The highest BCUT2D eigenvalue weighted by molar-refractivity contribution is 7.99. The molecule has 1 aromatic heterocycles. The van der Waals surface area contributed by atoms with Gasteiger partial charge in [0.15, 0.2) is 0 Å². The molecule has 2 rings (SSSR count). The van der Waals surface area contributed by atoms with Crippen molar-refractivity contribution in [2.24, 2.45) is 0 Å². The summed E-state index contributed by atoms with van der Waals surface area (Å²) in [6, 6.07) is 3.77. The number of carbonyl (C=O) groups is 1. The lowest BCUT2D eigenvalue weighted by Gasteiger charge is -2.10. The topological polar surface area (TPSA) is 54.0 Å². The third kappa shape index (κ3) is 2.94. The second-order valence-electron chi connectivity index (χ2n) is 3.35. The molecule has 1 amide bonds. The van der Waals surface area contributed by atoms with Gasteiger partial charge in [-0.2, -0.15) is 0 Å². The molecular weight excluding hydrogens is 210 g/mol. The minimum Gasteiger partial charge on any atom is -0.351 e. The molecule has 0 radical (unpaired) electrons. The van der Waals surface area contributed by atoms with E-state index in [2.05, 4.69) is 15.6 Å². The fraction of sp³-hybridized carbons (Fsp3) is 0.400. The van der Waals surface area contributed by atoms with E-state index >= 15 is 0 Å². The maximum absolute atomic E-state index is 11.6. The Balaban J connectivity index is 1.80. The van der Waals surface area contributed by atoms with Crippen LogP contribution in [0.5, 0.6) is 0 Å². The van der Waals surface area contributed by atoms with Gasteiger partial charge >= 0.3 is 0 Å². The summed E-state index contributed by atoms with van der Waals surface area (Å²) >= 11 is 1.75. The number of pyridine rings is 1. The van der Waals surface area contributed by atoms with Gasteiger partial charge in [-0.05, 0) is 17.7 Å². The van der Waals surface area contributed by atoms with Crippen molar-refractivity contribution in [3.63, 3.8) is 0 Å². The number of nitrogens with zero attached hydrogens (tertiary/aromatic N) is 1. The Labute approximate surface area is 92.9 Å². The lowest BCUT2D eigenvalue weighted by atomic mass is 10.2. The van der Waals surface area contributed by atoms with Gasteiger partial charge in [0.2, 0.25) is 5.91 Å². The van der Waals surface area contributed by atoms with E-state index in [0.29, 0.717) is 6.54 Å². The third-order valence-electron chi connectivity index (χ3n) is 2.25. The second-order valence-corrected chi connectivity index (χ2v) is 4.38. The Bertz CT molecular complexity index is 325. The van der Waals surface area contributed by atoms with Crippen LogP contribution in [0, 0.1) is 0 Å². The zero-order chi connectivity index (χ0) is 10.5. The summed E-state index contributed by atoms with van der Waals surface area (Å²) in [6.45, 7) is 0.574. The van der Waals surface area contributed by atoms with Crippen LogP contribution in [-0.4, -0.2) is 28.6 Å². The fourth-order valence-corrected chi connectivity index (χ4v) is 2.32. The molecule has 5 heteroatoms. The maximum atomic E-state index is 11.6. The van der Waals surface area contributed by atoms with Crippen molar-refractivity contribution in [1.82, 2.24) is 15.6 Å². The molecule has 80 valence electrons. The summed E-state index contributed by atoms with van der Waals surface area (Å²) in [5.41, 5.74) is 1.07. The molecule has 1 fully saturated rings. The minimum atomic E-state index is -0.0307. The zero-order valence-electron chi connectivity index (χ0n) is 8.27. The standard InChI is InChI=1S/C10H13N3OS/c14-10(9-6-15-7-13-9)12-5-8-1-3-11-4-2-8/h1-4,9,13H,5-7H2,(H,12,14). The first-order valence-corrected chi connectivity index (χ1v) is 5.99. The highest BCUT2D eigenvalue weighted by Gasteiger charge is 2.21. The number of carbonyl (C=O) groups excluding carboxylic acids is 1. The lowest BCUT2D eigenvalue weighted by molar-refractivity contribution is -0.122. The smallest absolute Gasteiger partial charge is 0.238 e. The number of hydrogen-bond acceptors (Lipinski definition) is 4. The number of thioether (sulfide) groups is 1. The molecule has 1 atom stereocenters. The molecule has 0 aliphatic carbocycles. The molecule has 0 aromatic carbocycles. The van der Waals surface area contributed by atoms with Crippen LogP contribution < -0.4 is 10.6 Å². The molecule has 2 N–H and O–H groups in total. The van der Waals surface area contributed by atoms with Crippen molar-refractivity contribution >= 4 is 17.7 Å². The van der Waals surface area contributed by atoms with E-state index in [4.69, 9.17) is 0 Å². The highest BCUT2D eigenvalue weighted by atomic mass is 32.2. The van der Waals surface area contributed by atoms with Crippen molar-refractivity contribution in [3.8, 4) is 0 Å². The highest BCUT2D eigenvalue weighted by Crippen LogP contribution is 2.09. The van der Waals surface area contributed by atoms with Crippen LogP contribution in [0.1, 0.15) is 5.56 Å². The van der Waals surface area contributed by atoms with Crippen LogP contribution >= 0.6 is 11.8 Å².